The summed E-state index contributed by atoms with van der Waals surface area (Å²) in [4.78, 5) is 0. The lowest BCUT2D eigenvalue weighted by molar-refractivity contribution is 1.37. The van der Waals surface area contributed by atoms with E-state index in [1.165, 1.54) is 43.8 Å². The van der Waals surface area contributed by atoms with Crippen molar-refractivity contribution in [1.82, 2.24) is 0 Å². The SMILES string of the molecule is C=Cc1cc2cc3cc(C)c(C)cc3cc2cc1C. The van der Waals surface area contributed by atoms with Gasteiger partial charge in [0.25, 0.3) is 0 Å². The van der Waals surface area contributed by atoms with E-state index in [0.717, 1.165) is 0 Å². The van der Waals surface area contributed by atoms with E-state index in [0.29, 0.717) is 0 Å². The van der Waals surface area contributed by atoms with Gasteiger partial charge in [0.15, 0.2) is 0 Å². The summed E-state index contributed by atoms with van der Waals surface area (Å²) in [5, 5.41) is 5.23. The van der Waals surface area contributed by atoms with Crippen LogP contribution in [0.15, 0.2) is 43.0 Å². The molecule has 0 saturated carbocycles. The molecular formula is C19H18. The van der Waals surface area contributed by atoms with Gasteiger partial charge >= 0.3 is 0 Å². The minimum atomic E-state index is 1.22. The monoisotopic (exact) mass is 246 g/mol. The lowest BCUT2D eigenvalue weighted by Gasteiger charge is -2.09. The van der Waals surface area contributed by atoms with Crippen molar-refractivity contribution < 1.29 is 0 Å². The highest BCUT2D eigenvalue weighted by Gasteiger charge is 2.03. The molecule has 0 heteroatoms. The third-order valence-corrected chi connectivity index (χ3v) is 4.01. The molecule has 0 unspecified atom stereocenters. The van der Waals surface area contributed by atoms with Crippen molar-refractivity contribution in [3.63, 3.8) is 0 Å². The molecule has 0 heterocycles. The maximum absolute atomic E-state index is 3.89. The van der Waals surface area contributed by atoms with Crippen LogP contribution < -0.4 is 0 Å². The zero-order valence-electron chi connectivity index (χ0n) is 11.7. The molecule has 0 atom stereocenters. The Morgan fingerprint density at radius 3 is 1.53 bits per heavy atom. The Bertz CT molecular complexity index is 807. The number of benzene rings is 3. The van der Waals surface area contributed by atoms with Crippen LogP contribution in [0.1, 0.15) is 22.3 Å². The van der Waals surface area contributed by atoms with E-state index in [9.17, 15) is 0 Å². The third kappa shape index (κ3) is 1.94. The Morgan fingerprint density at radius 2 is 1.05 bits per heavy atom. The van der Waals surface area contributed by atoms with Crippen LogP contribution in [0.5, 0.6) is 0 Å². The second kappa shape index (κ2) is 4.24. The van der Waals surface area contributed by atoms with Gasteiger partial charge in [-0.05, 0) is 82.8 Å². The van der Waals surface area contributed by atoms with E-state index in [1.807, 2.05) is 6.08 Å². The van der Waals surface area contributed by atoms with Crippen LogP contribution in [0.2, 0.25) is 0 Å². The Morgan fingerprint density at radius 1 is 0.632 bits per heavy atom. The van der Waals surface area contributed by atoms with Crippen molar-refractivity contribution in [2.24, 2.45) is 0 Å². The van der Waals surface area contributed by atoms with Crippen LogP contribution in [0, 0.1) is 20.8 Å². The molecule has 3 aromatic rings. The summed E-state index contributed by atoms with van der Waals surface area (Å²) in [5.41, 5.74) is 5.20. The van der Waals surface area contributed by atoms with E-state index in [-0.39, 0.29) is 0 Å². The van der Waals surface area contributed by atoms with Gasteiger partial charge in [0.2, 0.25) is 0 Å². The van der Waals surface area contributed by atoms with Crippen LogP contribution >= 0.6 is 0 Å². The first-order chi connectivity index (χ1) is 9.08. The third-order valence-electron chi connectivity index (χ3n) is 4.01. The summed E-state index contributed by atoms with van der Waals surface area (Å²) in [6.45, 7) is 10.4. The highest BCUT2D eigenvalue weighted by molar-refractivity contribution is 5.99. The van der Waals surface area contributed by atoms with E-state index in [2.05, 4.69) is 63.7 Å². The van der Waals surface area contributed by atoms with Crippen LogP contribution in [-0.4, -0.2) is 0 Å². The summed E-state index contributed by atoms with van der Waals surface area (Å²) in [7, 11) is 0. The molecule has 0 aliphatic carbocycles. The fourth-order valence-corrected chi connectivity index (χ4v) is 2.68. The number of hydrogen-bond acceptors (Lipinski definition) is 0. The van der Waals surface area contributed by atoms with Gasteiger partial charge in [-0.2, -0.15) is 0 Å². The quantitative estimate of drug-likeness (QED) is 0.493. The van der Waals surface area contributed by atoms with Gasteiger partial charge in [-0.25, -0.2) is 0 Å². The first-order valence-electron chi connectivity index (χ1n) is 6.66. The lowest BCUT2D eigenvalue weighted by Crippen LogP contribution is -1.85. The molecule has 0 saturated heterocycles. The average molecular weight is 246 g/mol. The molecule has 0 spiro atoms. The first kappa shape index (κ1) is 12.0. The van der Waals surface area contributed by atoms with Gasteiger partial charge in [0.1, 0.15) is 0 Å². The van der Waals surface area contributed by atoms with Gasteiger partial charge in [0.05, 0.1) is 0 Å². The molecule has 0 aromatic heterocycles. The molecule has 0 aliphatic rings. The molecule has 3 rings (SSSR count). The van der Waals surface area contributed by atoms with E-state index >= 15 is 0 Å². The van der Waals surface area contributed by atoms with Gasteiger partial charge in [-0.15, -0.1) is 0 Å². The molecule has 0 nitrogen and oxygen atoms in total. The molecule has 0 fully saturated rings. The average Bonchev–Trinajstić information content (AvgIpc) is 2.38. The molecule has 94 valence electrons. The van der Waals surface area contributed by atoms with Gasteiger partial charge < -0.3 is 0 Å². The summed E-state index contributed by atoms with van der Waals surface area (Å²) in [6, 6.07) is 13.6. The number of aryl methyl sites for hydroxylation is 3. The van der Waals surface area contributed by atoms with E-state index < -0.39 is 0 Å². The number of rotatable bonds is 1. The van der Waals surface area contributed by atoms with Crippen LogP contribution in [0.3, 0.4) is 0 Å². The second-order valence-corrected chi connectivity index (χ2v) is 5.40. The number of hydrogen-bond donors (Lipinski definition) is 0. The second-order valence-electron chi connectivity index (χ2n) is 5.40. The summed E-state index contributed by atoms with van der Waals surface area (Å²) >= 11 is 0. The minimum absolute atomic E-state index is 1.22. The molecular weight excluding hydrogens is 228 g/mol. The Labute approximate surface area is 114 Å². The number of fused-ring (bicyclic) bond motifs is 2. The molecule has 0 aliphatic heterocycles. The normalized spacial score (nSPS) is 11.1. The highest BCUT2D eigenvalue weighted by Crippen LogP contribution is 2.27. The smallest absolute Gasteiger partial charge is 0.0171 e. The Kier molecular flexibility index (Phi) is 2.67. The zero-order valence-corrected chi connectivity index (χ0v) is 11.7. The molecule has 19 heavy (non-hydrogen) atoms. The van der Waals surface area contributed by atoms with Crippen molar-refractivity contribution in [2.75, 3.05) is 0 Å². The van der Waals surface area contributed by atoms with Gasteiger partial charge in [-0.1, -0.05) is 30.9 Å². The standard InChI is InChI=1S/C19H18/c1-5-15-9-19-11-17-7-13(3)12(2)6-16(17)10-18(19)8-14(15)4/h5-11H,1H2,2-4H3. The van der Waals surface area contributed by atoms with Gasteiger partial charge in [0, 0.05) is 0 Å². The van der Waals surface area contributed by atoms with E-state index in [1.54, 1.807) is 0 Å². The fraction of sp³-hybridized carbons (Fsp3) is 0.158. The van der Waals surface area contributed by atoms with Crippen molar-refractivity contribution >= 4 is 27.6 Å². The van der Waals surface area contributed by atoms with Crippen LogP contribution in [0.4, 0.5) is 0 Å². The van der Waals surface area contributed by atoms with Crippen molar-refractivity contribution in [3.8, 4) is 0 Å². The van der Waals surface area contributed by atoms with Crippen molar-refractivity contribution in [1.29, 1.82) is 0 Å². The molecule has 3 aromatic carbocycles. The summed E-state index contributed by atoms with van der Waals surface area (Å²) in [6.07, 6.45) is 1.93. The van der Waals surface area contributed by atoms with Crippen molar-refractivity contribution in [2.45, 2.75) is 20.8 Å². The fourth-order valence-electron chi connectivity index (χ4n) is 2.68. The summed E-state index contributed by atoms with van der Waals surface area (Å²) in [5.74, 6) is 0. The molecule has 0 radical (unpaired) electrons. The predicted octanol–water partition coefficient (Wildman–Crippen LogP) is 5.56. The maximum Gasteiger partial charge on any atom is -0.0171 e. The lowest BCUT2D eigenvalue weighted by atomic mass is 9.96. The largest absolute Gasteiger partial charge is 0.0985 e. The molecule has 0 N–H and O–H groups in total. The Balaban J connectivity index is 2.41. The molecule has 0 amide bonds. The first-order valence-corrected chi connectivity index (χ1v) is 6.66. The minimum Gasteiger partial charge on any atom is -0.0985 e. The predicted molar refractivity (Wildman–Crippen MR) is 85.8 cm³/mol. The van der Waals surface area contributed by atoms with Gasteiger partial charge in [-0.3, -0.25) is 0 Å². The highest BCUT2D eigenvalue weighted by atomic mass is 14.1. The maximum atomic E-state index is 3.89. The molecule has 0 bridgehead atoms. The summed E-state index contributed by atoms with van der Waals surface area (Å²) < 4.78 is 0. The zero-order chi connectivity index (χ0) is 13.6. The van der Waals surface area contributed by atoms with Crippen LogP contribution in [-0.2, 0) is 0 Å². The Hall–Kier alpha value is -2.08. The topological polar surface area (TPSA) is 0 Å². The van der Waals surface area contributed by atoms with Crippen molar-refractivity contribution in [3.05, 3.63) is 65.2 Å². The van der Waals surface area contributed by atoms with E-state index in [4.69, 9.17) is 0 Å². The van der Waals surface area contributed by atoms with Crippen LogP contribution in [0.25, 0.3) is 27.6 Å².